The Morgan fingerprint density at radius 3 is 2.62 bits per heavy atom. The zero-order valence-electron chi connectivity index (χ0n) is 12.1. The smallest absolute Gasteiger partial charge is 0.266 e. The molecule has 6 heteroatoms. The van der Waals surface area contributed by atoms with Crippen molar-refractivity contribution in [2.24, 2.45) is 0 Å². The van der Waals surface area contributed by atoms with Crippen molar-refractivity contribution >= 4 is 17.2 Å². The van der Waals surface area contributed by atoms with Crippen LogP contribution in [0.1, 0.15) is 23.5 Å². The van der Waals surface area contributed by atoms with Crippen LogP contribution in [0.5, 0.6) is 0 Å². The van der Waals surface area contributed by atoms with E-state index in [9.17, 15) is 4.79 Å². The number of piperazine rings is 1. The second kappa shape index (κ2) is 5.91. The Hall–Kier alpha value is -1.79. The molecule has 0 bridgehead atoms. The number of nitrogens with zero attached hydrogens (tertiary/aromatic N) is 3. The lowest BCUT2D eigenvalue weighted by molar-refractivity contribution is 0.0549. The topological polar surface area (TPSA) is 58.1 Å². The summed E-state index contributed by atoms with van der Waals surface area (Å²) in [5, 5.41) is 4.20. The number of hydrogen-bond donors (Lipinski definition) is 1. The van der Waals surface area contributed by atoms with E-state index in [1.165, 1.54) is 11.3 Å². The first-order valence-electron chi connectivity index (χ1n) is 7.06. The van der Waals surface area contributed by atoms with E-state index in [1.54, 1.807) is 18.6 Å². The van der Waals surface area contributed by atoms with Gasteiger partial charge in [0.2, 0.25) is 0 Å². The first-order valence-corrected chi connectivity index (χ1v) is 7.88. The van der Waals surface area contributed by atoms with Gasteiger partial charge in [-0.2, -0.15) is 0 Å². The molecule has 3 rings (SSSR count). The molecule has 1 aliphatic heterocycles. The zero-order chi connectivity index (χ0) is 14.8. The fraction of sp³-hybridized carbons (Fsp3) is 0.400. The highest BCUT2D eigenvalue weighted by Crippen LogP contribution is 2.26. The van der Waals surface area contributed by atoms with E-state index in [-0.39, 0.29) is 18.0 Å². The SMILES string of the molecule is CC1CNCC(C)N1C(=O)c1cnc(-c2ccncc2)s1. The van der Waals surface area contributed by atoms with Crippen molar-refractivity contribution in [3.63, 3.8) is 0 Å². The first kappa shape index (κ1) is 14.2. The number of carbonyl (C=O) groups excluding carboxylic acids is 1. The van der Waals surface area contributed by atoms with E-state index in [0.717, 1.165) is 23.7 Å². The molecule has 3 heterocycles. The number of aromatic nitrogens is 2. The predicted octanol–water partition coefficient (Wildman–Crippen LogP) is 2.03. The molecule has 0 aromatic carbocycles. The quantitative estimate of drug-likeness (QED) is 0.922. The fourth-order valence-electron chi connectivity index (χ4n) is 2.66. The zero-order valence-corrected chi connectivity index (χ0v) is 12.9. The van der Waals surface area contributed by atoms with Crippen molar-refractivity contribution in [1.29, 1.82) is 0 Å². The van der Waals surface area contributed by atoms with E-state index in [4.69, 9.17) is 0 Å². The standard InChI is InChI=1S/C15H18N4OS/c1-10-7-17-8-11(2)19(10)15(20)13-9-18-14(21-13)12-3-5-16-6-4-12/h3-6,9-11,17H,7-8H2,1-2H3. The number of rotatable bonds is 2. The number of hydrogen-bond acceptors (Lipinski definition) is 5. The van der Waals surface area contributed by atoms with E-state index >= 15 is 0 Å². The van der Waals surface area contributed by atoms with E-state index < -0.39 is 0 Å². The molecule has 21 heavy (non-hydrogen) atoms. The summed E-state index contributed by atoms with van der Waals surface area (Å²) in [6.45, 7) is 5.83. The van der Waals surface area contributed by atoms with Gasteiger partial charge in [-0.05, 0) is 26.0 Å². The number of carbonyl (C=O) groups is 1. The summed E-state index contributed by atoms with van der Waals surface area (Å²) < 4.78 is 0. The molecule has 1 fully saturated rings. The van der Waals surface area contributed by atoms with E-state index in [1.807, 2.05) is 17.0 Å². The lowest BCUT2D eigenvalue weighted by Gasteiger charge is -2.39. The molecule has 110 valence electrons. The molecule has 1 N–H and O–H groups in total. The first-order chi connectivity index (χ1) is 10.2. The molecule has 2 aromatic heterocycles. The highest BCUT2D eigenvalue weighted by atomic mass is 32.1. The largest absolute Gasteiger partial charge is 0.330 e. The minimum Gasteiger partial charge on any atom is -0.330 e. The van der Waals surface area contributed by atoms with Crippen LogP contribution in [0, 0.1) is 0 Å². The Morgan fingerprint density at radius 2 is 1.95 bits per heavy atom. The van der Waals surface area contributed by atoms with Gasteiger partial charge in [0.1, 0.15) is 9.88 Å². The van der Waals surface area contributed by atoms with Crippen LogP contribution in [-0.4, -0.2) is 45.9 Å². The Balaban J connectivity index is 1.84. The molecule has 0 spiro atoms. The van der Waals surface area contributed by atoms with Crippen molar-refractivity contribution in [3.8, 4) is 10.6 Å². The van der Waals surface area contributed by atoms with Crippen molar-refractivity contribution in [3.05, 3.63) is 35.6 Å². The van der Waals surface area contributed by atoms with Gasteiger partial charge in [-0.25, -0.2) is 4.98 Å². The number of nitrogens with one attached hydrogen (secondary N) is 1. The van der Waals surface area contributed by atoms with Gasteiger partial charge in [0.15, 0.2) is 0 Å². The molecule has 1 saturated heterocycles. The Morgan fingerprint density at radius 1 is 1.29 bits per heavy atom. The van der Waals surface area contributed by atoms with Gasteiger partial charge < -0.3 is 10.2 Å². The van der Waals surface area contributed by atoms with Crippen molar-refractivity contribution < 1.29 is 4.79 Å². The highest BCUT2D eigenvalue weighted by molar-refractivity contribution is 7.16. The maximum atomic E-state index is 12.7. The maximum Gasteiger partial charge on any atom is 0.266 e. The normalized spacial score (nSPS) is 22.3. The number of amides is 1. The van der Waals surface area contributed by atoms with Crippen LogP contribution >= 0.6 is 11.3 Å². The van der Waals surface area contributed by atoms with Crippen LogP contribution in [0.15, 0.2) is 30.7 Å². The lowest BCUT2D eigenvalue weighted by atomic mass is 10.1. The molecule has 1 amide bonds. The predicted molar refractivity (Wildman–Crippen MR) is 83.3 cm³/mol. The molecule has 5 nitrogen and oxygen atoms in total. The minimum atomic E-state index is 0.0781. The lowest BCUT2D eigenvalue weighted by Crippen LogP contribution is -2.57. The molecule has 2 aromatic rings. The van der Waals surface area contributed by atoms with Gasteiger partial charge in [0.25, 0.3) is 5.91 Å². The van der Waals surface area contributed by atoms with Gasteiger partial charge in [-0.3, -0.25) is 9.78 Å². The molecule has 1 aliphatic rings. The maximum absolute atomic E-state index is 12.7. The summed E-state index contributed by atoms with van der Waals surface area (Å²) in [5.41, 5.74) is 0.996. The molecule has 2 unspecified atom stereocenters. The summed E-state index contributed by atoms with van der Waals surface area (Å²) in [6.07, 6.45) is 5.15. The third-order valence-corrected chi connectivity index (χ3v) is 4.74. The van der Waals surface area contributed by atoms with Crippen LogP contribution in [0.4, 0.5) is 0 Å². The van der Waals surface area contributed by atoms with Crippen molar-refractivity contribution in [2.45, 2.75) is 25.9 Å². The molecule has 0 saturated carbocycles. The molecule has 0 radical (unpaired) electrons. The molecule has 0 aliphatic carbocycles. The average molecular weight is 302 g/mol. The van der Waals surface area contributed by atoms with E-state index in [0.29, 0.717) is 4.88 Å². The third kappa shape index (κ3) is 2.82. The summed E-state index contributed by atoms with van der Waals surface area (Å²) in [6, 6.07) is 4.22. The molecular weight excluding hydrogens is 284 g/mol. The van der Waals surface area contributed by atoms with Gasteiger partial charge in [0.05, 0.1) is 6.20 Å². The van der Waals surface area contributed by atoms with Gasteiger partial charge in [-0.15, -0.1) is 11.3 Å². The summed E-state index contributed by atoms with van der Waals surface area (Å²) in [5.74, 6) is 0.0781. The van der Waals surface area contributed by atoms with Crippen LogP contribution in [0.25, 0.3) is 10.6 Å². The van der Waals surface area contributed by atoms with Gasteiger partial charge in [0, 0.05) is 43.1 Å². The average Bonchev–Trinajstić information content (AvgIpc) is 2.97. The van der Waals surface area contributed by atoms with Gasteiger partial charge >= 0.3 is 0 Å². The van der Waals surface area contributed by atoms with Crippen LogP contribution in [0.2, 0.25) is 0 Å². The number of pyridine rings is 1. The number of thiazole rings is 1. The van der Waals surface area contributed by atoms with Crippen LogP contribution in [-0.2, 0) is 0 Å². The van der Waals surface area contributed by atoms with Gasteiger partial charge in [-0.1, -0.05) is 0 Å². The van der Waals surface area contributed by atoms with Crippen LogP contribution in [0.3, 0.4) is 0 Å². The highest BCUT2D eigenvalue weighted by Gasteiger charge is 2.30. The fourth-order valence-corrected chi connectivity index (χ4v) is 3.53. The monoisotopic (exact) mass is 302 g/mol. The summed E-state index contributed by atoms with van der Waals surface area (Å²) in [4.78, 5) is 23.8. The minimum absolute atomic E-state index is 0.0781. The Bertz CT molecular complexity index is 618. The van der Waals surface area contributed by atoms with Crippen molar-refractivity contribution in [2.75, 3.05) is 13.1 Å². The second-order valence-electron chi connectivity index (χ2n) is 5.33. The third-order valence-electron chi connectivity index (χ3n) is 3.71. The van der Waals surface area contributed by atoms with Crippen molar-refractivity contribution in [1.82, 2.24) is 20.2 Å². The Kier molecular flexibility index (Phi) is 3.98. The summed E-state index contributed by atoms with van der Waals surface area (Å²) >= 11 is 1.44. The van der Waals surface area contributed by atoms with E-state index in [2.05, 4.69) is 29.1 Å². The Labute approximate surface area is 128 Å². The second-order valence-corrected chi connectivity index (χ2v) is 6.36. The summed E-state index contributed by atoms with van der Waals surface area (Å²) in [7, 11) is 0. The molecular formula is C15H18N4OS. The molecule has 2 atom stereocenters. The van der Waals surface area contributed by atoms with Crippen LogP contribution < -0.4 is 5.32 Å².